The number of benzene rings is 3. The molecule has 0 radical (unpaired) electrons. The van der Waals surface area contributed by atoms with Crippen LogP contribution in [0.1, 0.15) is 10.4 Å². The number of para-hydroxylation sites is 1. The zero-order valence-corrected chi connectivity index (χ0v) is 14.5. The van der Waals surface area contributed by atoms with Crippen LogP contribution < -0.4 is 15.4 Å². The number of non-ortho nitro benzene ring substituents is 1. The number of nitro groups is 1. The van der Waals surface area contributed by atoms with Crippen LogP contribution in [-0.4, -0.2) is 17.9 Å². The Hall–Kier alpha value is -3.87. The Morgan fingerprint density at radius 1 is 0.963 bits per heavy atom. The highest BCUT2D eigenvalue weighted by Gasteiger charge is 2.12. The summed E-state index contributed by atoms with van der Waals surface area (Å²) >= 11 is 0. The number of ether oxygens (including phenoxy) is 1. The SMILES string of the molecule is COc1ccc(C(=O)Nc2ccccc2)cc1Nc1cccc([N+](=O)[O-])c1. The first-order chi connectivity index (χ1) is 13.1. The highest BCUT2D eigenvalue weighted by Crippen LogP contribution is 2.30. The van der Waals surface area contributed by atoms with E-state index in [0.29, 0.717) is 28.4 Å². The molecule has 0 heterocycles. The zero-order valence-electron chi connectivity index (χ0n) is 14.5. The van der Waals surface area contributed by atoms with Gasteiger partial charge in [-0.2, -0.15) is 0 Å². The Labute approximate surface area is 155 Å². The first-order valence-electron chi connectivity index (χ1n) is 8.13. The largest absolute Gasteiger partial charge is 0.495 e. The number of anilines is 3. The number of rotatable bonds is 6. The summed E-state index contributed by atoms with van der Waals surface area (Å²) < 4.78 is 5.32. The third kappa shape index (κ3) is 4.40. The van der Waals surface area contributed by atoms with E-state index in [4.69, 9.17) is 4.74 Å². The van der Waals surface area contributed by atoms with E-state index in [2.05, 4.69) is 10.6 Å². The van der Waals surface area contributed by atoms with E-state index in [1.807, 2.05) is 18.2 Å². The van der Waals surface area contributed by atoms with Crippen molar-refractivity contribution >= 4 is 28.7 Å². The van der Waals surface area contributed by atoms with Gasteiger partial charge in [-0.25, -0.2) is 0 Å². The predicted octanol–water partition coefficient (Wildman–Crippen LogP) is 4.60. The van der Waals surface area contributed by atoms with E-state index in [1.54, 1.807) is 42.5 Å². The summed E-state index contributed by atoms with van der Waals surface area (Å²) in [6.07, 6.45) is 0. The Morgan fingerprint density at radius 3 is 2.41 bits per heavy atom. The van der Waals surface area contributed by atoms with Crippen molar-refractivity contribution in [2.24, 2.45) is 0 Å². The molecule has 2 N–H and O–H groups in total. The number of carbonyl (C=O) groups excluding carboxylic acids is 1. The average molecular weight is 363 g/mol. The van der Waals surface area contributed by atoms with E-state index >= 15 is 0 Å². The molecule has 3 rings (SSSR count). The van der Waals surface area contributed by atoms with Crippen molar-refractivity contribution in [2.75, 3.05) is 17.7 Å². The molecule has 0 atom stereocenters. The summed E-state index contributed by atoms with van der Waals surface area (Å²) in [6, 6.07) is 20.2. The van der Waals surface area contributed by atoms with Gasteiger partial charge < -0.3 is 15.4 Å². The minimum absolute atomic E-state index is 0.0306. The van der Waals surface area contributed by atoms with Gasteiger partial charge in [-0.05, 0) is 36.4 Å². The number of nitro benzene ring substituents is 1. The normalized spacial score (nSPS) is 10.1. The van der Waals surface area contributed by atoms with Crippen LogP contribution in [0.3, 0.4) is 0 Å². The van der Waals surface area contributed by atoms with Crippen molar-refractivity contribution in [3.8, 4) is 5.75 Å². The topological polar surface area (TPSA) is 93.5 Å². The third-order valence-electron chi connectivity index (χ3n) is 3.83. The molecule has 136 valence electrons. The summed E-state index contributed by atoms with van der Waals surface area (Å²) in [6.45, 7) is 0. The van der Waals surface area contributed by atoms with Gasteiger partial charge in [0, 0.05) is 29.1 Å². The van der Waals surface area contributed by atoms with Crippen LogP contribution in [0, 0.1) is 10.1 Å². The molecule has 3 aromatic carbocycles. The van der Waals surface area contributed by atoms with Crippen LogP contribution in [0.15, 0.2) is 72.8 Å². The number of hydrogen-bond donors (Lipinski definition) is 2. The molecule has 0 unspecified atom stereocenters. The number of amides is 1. The minimum atomic E-state index is -0.466. The molecular weight excluding hydrogens is 346 g/mol. The molecule has 27 heavy (non-hydrogen) atoms. The van der Waals surface area contributed by atoms with Gasteiger partial charge in [-0.1, -0.05) is 24.3 Å². The molecule has 0 aliphatic rings. The van der Waals surface area contributed by atoms with Crippen molar-refractivity contribution < 1.29 is 14.5 Å². The number of nitrogens with zero attached hydrogens (tertiary/aromatic N) is 1. The first-order valence-corrected chi connectivity index (χ1v) is 8.13. The molecule has 0 bridgehead atoms. The molecule has 3 aromatic rings. The minimum Gasteiger partial charge on any atom is -0.495 e. The molecule has 0 spiro atoms. The zero-order chi connectivity index (χ0) is 19.2. The van der Waals surface area contributed by atoms with Gasteiger partial charge in [0.15, 0.2) is 0 Å². The van der Waals surface area contributed by atoms with E-state index in [0.717, 1.165) is 0 Å². The molecule has 0 saturated heterocycles. The van der Waals surface area contributed by atoms with Crippen molar-refractivity contribution in [2.45, 2.75) is 0 Å². The molecule has 0 saturated carbocycles. The Balaban J connectivity index is 1.86. The Kier molecular flexibility index (Phi) is 5.32. The van der Waals surface area contributed by atoms with Gasteiger partial charge in [-0.3, -0.25) is 14.9 Å². The smallest absolute Gasteiger partial charge is 0.271 e. The maximum absolute atomic E-state index is 12.5. The van der Waals surface area contributed by atoms with Crippen LogP contribution in [0.5, 0.6) is 5.75 Å². The molecule has 7 nitrogen and oxygen atoms in total. The molecular formula is C20H17N3O4. The average Bonchev–Trinajstić information content (AvgIpc) is 2.69. The Bertz CT molecular complexity index is 974. The second kappa shape index (κ2) is 8.01. The fourth-order valence-electron chi connectivity index (χ4n) is 2.52. The van der Waals surface area contributed by atoms with E-state index < -0.39 is 4.92 Å². The van der Waals surface area contributed by atoms with Crippen molar-refractivity contribution in [3.05, 3.63) is 88.5 Å². The van der Waals surface area contributed by atoms with Crippen LogP contribution in [-0.2, 0) is 0 Å². The van der Waals surface area contributed by atoms with Gasteiger partial charge in [0.2, 0.25) is 0 Å². The second-order valence-corrected chi connectivity index (χ2v) is 5.67. The van der Waals surface area contributed by atoms with Crippen molar-refractivity contribution in [1.29, 1.82) is 0 Å². The van der Waals surface area contributed by atoms with Gasteiger partial charge in [0.1, 0.15) is 5.75 Å². The maximum atomic E-state index is 12.5. The highest BCUT2D eigenvalue weighted by molar-refractivity contribution is 6.05. The van der Waals surface area contributed by atoms with Crippen molar-refractivity contribution in [1.82, 2.24) is 0 Å². The first kappa shape index (κ1) is 17.9. The monoisotopic (exact) mass is 363 g/mol. The summed E-state index contributed by atoms with van der Waals surface area (Å²) in [5, 5.41) is 16.8. The number of carbonyl (C=O) groups is 1. The molecule has 0 aromatic heterocycles. The molecule has 7 heteroatoms. The third-order valence-corrected chi connectivity index (χ3v) is 3.83. The summed E-state index contributed by atoms with van der Waals surface area (Å²) in [4.78, 5) is 23.0. The van der Waals surface area contributed by atoms with E-state index in [9.17, 15) is 14.9 Å². The summed E-state index contributed by atoms with van der Waals surface area (Å²) in [7, 11) is 1.51. The van der Waals surface area contributed by atoms with Gasteiger partial charge in [0.05, 0.1) is 17.7 Å². The standard InChI is InChI=1S/C20H17N3O4/c1-27-19-11-10-14(20(24)22-15-6-3-2-4-7-15)12-18(19)21-16-8-5-9-17(13-16)23(25)26/h2-13,21H,1H3,(H,22,24). The van der Waals surface area contributed by atoms with E-state index in [1.165, 1.54) is 19.2 Å². The summed E-state index contributed by atoms with van der Waals surface area (Å²) in [5.74, 6) is 0.240. The fraction of sp³-hybridized carbons (Fsp3) is 0.0500. The lowest BCUT2D eigenvalue weighted by Gasteiger charge is -2.13. The number of hydrogen-bond acceptors (Lipinski definition) is 5. The van der Waals surface area contributed by atoms with Gasteiger partial charge in [-0.15, -0.1) is 0 Å². The van der Waals surface area contributed by atoms with Crippen molar-refractivity contribution in [3.63, 3.8) is 0 Å². The van der Waals surface area contributed by atoms with Gasteiger partial charge >= 0.3 is 0 Å². The van der Waals surface area contributed by atoms with Crippen LogP contribution >= 0.6 is 0 Å². The maximum Gasteiger partial charge on any atom is 0.271 e. The molecule has 0 fully saturated rings. The molecule has 1 amide bonds. The Morgan fingerprint density at radius 2 is 1.70 bits per heavy atom. The van der Waals surface area contributed by atoms with Crippen LogP contribution in [0.4, 0.5) is 22.7 Å². The predicted molar refractivity (Wildman–Crippen MR) is 104 cm³/mol. The highest BCUT2D eigenvalue weighted by atomic mass is 16.6. The lowest BCUT2D eigenvalue weighted by Crippen LogP contribution is -2.12. The van der Waals surface area contributed by atoms with Crippen LogP contribution in [0.2, 0.25) is 0 Å². The quantitative estimate of drug-likeness (QED) is 0.493. The molecule has 0 aliphatic carbocycles. The number of methoxy groups -OCH3 is 1. The van der Waals surface area contributed by atoms with Crippen LogP contribution in [0.25, 0.3) is 0 Å². The fourth-order valence-corrected chi connectivity index (χ4v) is 2.52. The number of nitrogens with one attached hydrogen (secondary N) is 2. The lowest BCUT2D eigenvalue weighted by atomic mass is 10.1. The van der Waals surface area contributed by atoms with Gasteiger partial charge in [0.25, 0.3) is 11.6 Å². The second-order valence-electron chi connectivity index (χ2n) is 5.67. The molecule has 0 aliphatic heterocycles. The lowest BCUT2D eigenvalue weighted by molar-refractivity contribution is -0.384. The van der Waals surface area contributed by atoms with E-state index in [-0.39, 0.29) is 11.6 Å². The summed E-state index contributed by atoms with van der Waals surface area (Å²) in [5.41, 5.74) is 2.12.